The van der Waals surface area contributed by atoms with Crippen molar-refractivity contribution in [2.45, 2.75) is 13.3 Å². The molecule has 0 aliphatic carbocycles. The highest BCUT2D eigenvalue weighted by atomic mass is 15.0. The van der Waals surface area contributed by atoms with Gasteiger partial charge in [-0.1, -0.05) is 13.0 Å². The quantitative estimate of drug-likeness (QED) is 0.506. The first kappa shape index (κ1) is 6.54. The zero-order valence-electron chi connectivity index (χ0n) is 5.31. The van der Waals surface area contributed by atoms with E-state index in [1.165, 1.54) is 0 Å². The third-order valence-corrected chi connectivity index (χ3v) is 0.639. The largest absolute Gasteiger partial charge is 0.384 e. The highest BCUT2D eigenvalue weighted by molar-refractivity contribution is 4.76. The molecule has 0 saturated carbocycles. The molecule has 0 N–H and O–H groups in total. The second kappa shape index (κ2) is 3.72. The van der Waals surface area contributed by atoms with Crippen LogP contribution in [-0.4, -0.2) is 19.0 Å². The second-order valence-corrected chi connectivity index (χ2v) is 1.76. The topological polar surface area (TPSA) is 3.24 Å². The number of hydrogen-bond donors (Lipinski definition) is 0. The SMILES string of the molecule is CCC=CN(C)C. The lowest BCUT2D eigenvalue weighted by Gasteiger charge is -2.00. The van der Waals surface area contributed by atoms with Gasteiger partial charge < -0.3 is 4.90 Å². The molecule has 7 heavy (non-hydrogen) atoms. The lowest BCUT2D eigenvalue weighted by atomic mass is 10.5. The molecule has 42 valence electrons. The zero-order chi connectivity index (χ0) is 5.70. The zero-order valence-corrected chi connectivity index (χ0v) is 5.31. The molecule has 0 heterocycles. The first-order valence-electron chi connectivity index (χ1n) is 2.60. The van der Waals surface area contributed by atoms with E-state index in [0.29, 0.717) is 0 Å². The van der Waals surface area contributed by atoms with Gasteiger partial charge in [0.2, 0.25) is 0 Å². The van der Waals surface area contributed by atoms with E-state index in [0.717, 1.165) is 6.42 Å². The maximum atomic E-state index is 2.12. The molecule has 0 bridgehead atoms. The van der Waals surface area contributed by atoms with Gasteiger partial charge in [0, 0.05) is 14.1 Å². The molecular weight excluding hydrogens is 86.1 g/mol. The molecule has 0 spiro atoms. The maximum absolute atomic E-state index is 2.12. The highest BCUT2D eigenvalue weighted by Crippen LogP contribution is 1.80. The summed E-state index contributed by atoms with van der Waals surface area (Å²) in [7, 11) is 4.04. The minimum absolute atomic E-state index is 1.12. The van der Waals surface area contributed by atoms with Crippen molar-refractivity contribution in [2.75, 3.05) is 14.1 Å². The summed E-state index contributed by atoms with van der Waals surface area (Å²) in [4.78, 5) is 2.03. The van der Waals surface area contributed by atoms with E-state index in [1.54, 1.807) is 0 Å². The van der Waals surface area contributed by atoms with Crippen molar-refractivity contribution in [1.29, 1.82) is 0 Å². The van der Waals surface area contributed by atoms with E-state index >= 15 is 0 Å². The van der Waals surface area contributed by atoms with Crippen LogP contribution in [0.25, 0.3) is 0 Å². The normalized spacial score (nSPS) is 10.1. The Kier molecular flexibility index (Phi) is 3.48. The first-order chi connectivity index (χ1) is 3.27. The molecular formula is C6H13N. The van der Waals surface area contributed by atoms with E-state index in [9.17, 15) is 0 Å². The van der Waals surface area contributed by atoms with Crippen molar-refractivity contribution in [3.8, 4) is 0 Å². The van der Waals surface area contributed by atoms with Gasteiger partial charge in [-0.15, -0.1) is 0 Å². The van der Waals surface area contributed by atoms with Gasteiger partial charge >= 0.3 is 0 Å². The average Bonchev–Trinajstić information content (AvgIpc) is 1.61. The molecule has 0 aromatic carbocycles. The van der Waals surface area contributed by atoms with Crippen LogP contribution in [0, 0.1) is 0 Å². The van der Waals surface area contributed by atoms with E-state index in [1.807, 2.05) is 19.0 Å². The minimum atomic E-state index is 1.12. The van der Waals surface area contributed by atoms with Crippen molar-refractivity contribution in [3.05, 3.63) is 12.3 Å². The van der Waals surface area contributed by atoms with Crippen LogP contribution in [0.4, 0.5) is 0 Å². The van der Waals surface area contributed by atoms with Gasteiger partial charge in [0.25, 0.3) is 0 Å². The van der Waals surface area contributed by atoms with Crippen LogP contribution in [0.1, 0.15) is 13.3 Å². The summed E-state index contributed by atoms with van der Waals surface area (Å²) >= 11 is 0. The average molecular weight is 99.2 g/mol. The smallest absolute Gasteiger partial charge is 0.00555 e. The van der Waals surface area contributed by atoms with Gasteiger partial charge in [0.05, 0.1) is 0 Å². The minimum Gasteiger partial charge on any atom is -0.384 e. The monoisotopic (exact) mass is 99.1 g/mol. The van der Waals surface area contributed by atoms with Crippen molar-refractivity contribution >= 4 is 0 Å². The Labute approximate surface area is 45.6 Å². The van der Waals surface area contributed by atoms with Crippen LogP contribution in [0.15, 0.2) is 12.3 Å². The number of nitrogens with zero attached hydrogens (tertiary/aromatic N) is 1. The van der Waals surface area contributed by atoms with Crippen LogP contribution < -0.4 is 0 Å². The van der Waals surface area contributed by atoms with E-state index in [-0.39, 0.29) is 0 Å². The van der Waals surface area contributed by atoms with Crippen molar-refractivity contribution in [2.24, 2.45) is 0 Å². The third kappa shape index (κ3) is 5.54. The van der Waals surface area contributed by atoms with Crippen LogP contribution in [0.3, 0.4) is 0 Å². The predicted molar refractivity (Wildman–Crippen MR) is 33.1 cm³/mol. The molecule has 0 aromatic heterocycles. The first-order valence-corrected chi connectivity index (χ1v) is 2.60. The Balaban J connectivity index is 3.08. The summed E-state index contributed by atoms with van der Waals surface area (Å²) in [5.41, 5.74) is 0. The molecule has 0 aromatic rings. The standard InChI is InChI=1S/C6H13N/c1-4-5-6-7(2)3/h5-6H,4H2,1-3H3. The van der Waals surface area contributed by atoms with Gasteiger partial charge in [0.1, 0.15) is 0 Å². The van der Waals surface area contributed by atoms with Crippen LogP contribution in [0.2, 0.25) is 0 Å². The van der Waals surface area contributed by atoms with Crippen molar-refractivity contribution < 1.29 is 0 Å². The molecule has 0 fully saturated rings. The molecule has 0 amide bonds. The number of allylic oxidation sites excluding steroid dienone is 1. The van der Waals surface area contributed by atoms with Crippen LogP contribution >= 0.6 is 0 Å². The molecule has 0 radical (unpaired) electrons. The summed E-state index contributed by atoms with van der Waals surface area (Å²) < 4.78 is 0. The lowest BCUT2D eigenvalue weighted by Crippen LogP contribution is -1.99. The Morgan fingerprint density at radius 2 is 2.00 bits per heavy atom. The summed E-state index contributed by atoms with van der Waals surface area (Å²) in [5, 5.41) is 0. The molecule has 0 atom stereocenters. The number of rotatable bonds is 2. The Morgan fingerprint density at radius 1 is 1.43 bits per heavy atom. The molecule has 1 nitrogen and oxygen atoms in total. The van der Waals surface area contributed by atoms with Crippen LogP contribution in [-0.2, 0) is 0 Å². The molecule has 0 unspecified atom stereocenters. The maximum Gasteiger partial charge on any atom is 0.00555 e. The van der Waals surface area contributed by atoms with Crippen LogP contribution in [0.5, 0.6) is 0 Å². The highest BCUT2D eigenvalue weighted by Gasteiger charge is 1.69. The third-order valence-electron chi connectivity index (χ3n) is 0.639. The second-order valence-electron chi connectivity index (χ2n) is 1.76. The fourth-order valence-corrected chi connectivity index (χ4v) is 0.316. The summed E-state index contributed by atoms with van der Waals surface area (Å²) in [5.74, 6) is 0. The predicted octanol–water partition coefficient (Wildman–Crippen LogP) is 1.47. The summed E-state index contributed by atoms with van der Waals surface area (Å²) in [6, 6.07) is 0. The molecule has 0 saturated heterocycles. The van der Waals surface area contributed by atoms with Gasteiger partial charge in [0.15, 0.2) is 0 Å². The van der Waals surface area contributed by atoms with Gasteiger partial charge in [-0.2, -0.15) is 0 Å². The molecule has 1 heteroatoms. The van der Waals surface area contributed by atoms with Gasteiger partial charge in [-0.05, 0) is 12.6 Å². The number of hydrogen-bond acceptors (Lipinski definition) is 1. The van der Waals surface area contributed by atoms with Crippen molar-refractivity contribution in [3.63, 3.8) is 0 Å². The Hall–Kier alpha value is -0.460. The molecule has 0 rings (SSSR count). The molecule has 0 aliphatic rings. The fraction of sp³-hybridized carbons (Fsp3) is 0.667. The lowest BCUT2D eigenvalue weighted by molar-refractivity contribution is 0.561. The Bertz CT molecular complexity index is 55.2. The van der Waals surface area contributed by atoms with E-state index in [4.69, 9.17) is 0 Å². The van der Waals surface area contributed by atoms with Gasteiger partial charge in [-0.25, -0.2) is 0 Å². The van der Waals surface area contributed by atoms with E-state index in [2.05, 4.69) is 19.2 Å². The Morgan fingerprint density at radius 3 is 2.14 bits per heavy atom. The van der Waals surface area contributed by atoms with Gasteiger partial charge in [-0.3, -0.25) is 0 Å². The van der Waals surface area contributed by atoms with Crippen molar-refractivity contribution in [1.82, 2.24) is 4.90 Å². The fourth-order valence-electron chi connectivity index (χ4n) is 0.316. The molecule has 0 aliphatic heterocycles. The summed E-state index contributed by atoms with van der Waals surface area (Å²) in [6.45, 7) is 2.12. The summed E-state index contributed by atoms with van der Waals surface area (Å²) in [6.07, 6.45) is 5.30. The van der Waals surface area contributed by atoms with E-state index < -0.39 is 0 Å².